The second-order valence-electron chi connectivity index (χ2n) is 3.52. The third kappa shape index (κ3) is 1.55. The monoisotopic (exact) mass is 268 g/mol. The van der Waals surface area contributed by atoms with Crippen molar-refractivity contribution in [3.63, 3.8) is 0 Å². The molecule has 0 amide bonds. The molecule has 0 aromatic rings. The van der Waals surface area contributed by atoms with Gasteiger partial charge in [0, 0.05) is 0 Å². The van der Waals surface area contributed by atoms with Gasteiger partial charge in [-0.15, -0.1) is 0 Å². The molecule has 66 valence electrons. The number of piperidine rings is 1. The van der Waals surface area contributed by atoms with Crippen LogP contribution in [0.2, 0.25) is 0 Å². The molecule has 11 heavy (non-hydrogen) atoms. The summed E-state index contributed by atoms with van der Waals surface area (Å²) in [6.45, 7) is 1.25. The first kappa shape index (κ1) is 8.26. The molecular weight excluding hydrogens is 253 g/mol. The van der Waals surface area contributed by atoms with Gasteiger partial charge in [-0.3, -0.25) is 0 Å². The van der Waals surface area contributed by atoms with Gasteiger partial charge in [-0.05, 0) is 0 Å². The van der Waals surface area contributed by atoms with E-state index in [9.17, 15) is 0 Å². The summed E-state index contributed by atoms with van der Waals surface area (Å²) in [5, 5.41) is 0. The maximum atomic E-state index is 5.77. The topological polar surface area (TPSA) is 12.5 Å². The molecule has 2 rings (SSSR count). The van der Waals surface area contributed by atoms with E-state index in [4.69, 9.17) is 3.07 Å². The summed E-state index contributed by atoms with van der Waals surface area (Å²) >= 11 is 0.0486. The molecule has 1 saturated heterocycles. The number of alkyl halides is 1. The average Bonchev–Trinajstić information content (AvgIpc) is 2.75. The van der Waals surface area contributed by atoms with Gasteiger partial charge in [-0.1, -0.05) is 0 Å². The SMILES string of the molecule is C[I-]OC1CCN(C)[C@@H]2C[C@H]12. The fourth-order valence-electron chi connectivity index (χ4n) is 2.04. The van der Waals surface area contributed by atoms with Crippen molar-refractivity contribution < 1.29 is 24.7 Å². The Balaban J connectivity index is 1.87. The molecule has 1 aliphatic heterocycles. The van der Waals surface area contributed by atoms with Crippen LogP contribution >= 0.6 is 0 Å². The van der Waals surface area contributed by atoms with Crippen molar-refractivity contribution in [2.75, 3.05) is 18.5 Å². The Hall–Kier alpha value is 0.650. The Labute approximate surface area is 79.1 Å². The summed E-state index contributed by atoms with van der Waals surface area (Å²) in [7, 11) is 2.24. The molecule has 0 spiro atoms. The maximum absolute atomic E-state index is 5.77. The van der Waals surface area contributed by atoms with Crippen LogP contribution in [0, 0.1) is 5.92 Å². The van der Waals surface area contributed by atoms with Gasteiger partial charge < -0.3 is 0 Å². The van der Waals surface area contributed by atoms with E-state index in [1.54, 1.807) is 0 Å². The van der Waals surface area contributed by atoms with Crippen LogP contribution in [0.3, 0.4) is 0 Å². The molecule has 0 radical (unpaired) electrons. The zero-order valence-electron chi connectivity index (χ0n) is 7.09. The second-order valence-corrected chi connectivity index (χ2v) is 4.91. The molecule has 1 unspecified atom stereocenters. The number of fused-ring (bicyclic) bond motifs is 1. The van der Waals surface area contributed by atoms with Crippen LogP contribution in [0.15, 0.2) is 0 Å². The molecule has 2 aliphatic rings. The molecule has 1 saturated carbocycles. The summed E-state index contributed by atoms with van der Waals surface area (Å²) in [5.41, 5.74) is 0. The summed E-state index contributed by atoms with van der Waals surface area (Å²) < 4.78 is 5.77. The molecular formula is C8H15INO-. The number of hydrogen-bond acceptors (Lipinski definition) is 2. The molecule has 2 fully saturated rings. The number of likely N-dealkylation sites (tertiary alicyclic amines) is 1. The Morgan fingerprint density at radius 1 is 1.55 bits per heavy atom. The van der Waals surface area contributed by atoms with Crippen molar-refractivity contribution in [1.82, 2.24) is 4.90 Å². The van der Waals surface area contributed by atoms with Crippen LogP contribution in [-0.4, -0.2) is 35.6 Å². The summed E-state index contributed by atoms with van der Waals surface area (Å²) in [5.74, 6) is 0.897. The summed E-state index contributed by atoms with van der Waals surface area (Å²) in [6.07, 6.45) is 3.30. The van der Waals surface area contributed by atoms with Gasteiger partial charge in [0.05, 0.1) is 0 Å². The van der Waals surface area contributed by atoms with Crippen LogP contribution in [0.4, 0.5) is 0 Å². The van der Waals surface area contributed by atoms with Gasteiger partial charge in [0.25, 0.3) is 0 Å². The minimum atomic E-state index is 0.0486. The van der Waals surface area contributed by atoms with Crippen molar-refractivity contribution >= 4 is 0 Å². The van der Waals surface area contributed by atoms with Crippen molar-refractivity contribution in [2.24, 2.45) is 5.92 Å². The van der Waals surface area contributed by atoms with Crippen LogP contribution in [0.25, 0.3) is 0 Å². The molecule has 2 nitrogen and oxygen atoms in total. The number of rotatable bonds is 2. The van der Waals surface area contributed by atoms with E-state index in [-0.39, 0.29) is 21.6 Å². The van der Waals surface area contributed by atoms with E-state index < -0.39 is 0 Å². The van der Waals surface area contributed by atoms with Crippen LogP contribution in [0.1, 0.15) is 12.8 Å². The summed E-state index contributed by atoms with van der Waals surface area (Å²) in [6, 6.07) is 0.879. The van der Waals surface area contributed by atoms with E-state index in [0.717, 1.165) is 12.0 Å². The van der Waals surface area contributed by atoms with Gasteiger partial charge >= 0.3 is 79.0 Å². The zero-order chi connectivity index (χ0) is 7.84. The predicted molar refractivity (Wildman–Crippen MR) is 39.9 cm³/mol. The molecule has 1 heterocycles. The van der Waals surface area contributed by atoms with E-state index in [1.807, 2.05) is 0 Å². The Kier molecular flexibility index (Phi) is 2.39. The van der Waals surface area contributed by atoms with E-state index in [1.165, 1.54) is 19.4 Å². The third-order valence-electron chi connectivity index (χ3n) is 2.82. The van der Waals surface area contributed by atoms with Crippen molar-refractivity contribution in [1.29, 1.82) is 0 Å². The van der Waals surface area contributed by atoms with Gasteiger partial charge in [0.2, 0.25) is 0 Å². The van der Waals surface area contributed by atoms with Gasteiger partial charge in [0.1, 0.15) is 0 Å². The number of halogens is 1. The van der Waals surface area contributed by atoms with Crippen LogP contribution < -0.4 is 21.6 Å². The normalized spacial score (nSPS) is 44.0. The molecule has 0 aromatic heterocycles. The quantitative estimate of drug-likeness (QED) is 0.414. The van der Waals surface area contributed by atoms with Crippen molar-refractivity contribution in [2.45, 2.75) is 25.0 Å². The zero-order valence-corrected chi connectivity index (χ0v) is 9.24. The van der Waals surface area contributed by atoms with Gasteiger partial charge in [-0.25, -0.2) is 0 Å². The fourth-order valence-corrected chi connectivity index (χ4v) is 3.33. The van der Waals surface area contributed by atoms with Crippen molar-refractivity contribution in [3.05, 3.63) is 0 Å². The molecule has 0 aromatic carbocycles. The van der Waals surface area contributed by atoms with Gasteiger partial charge in [-0.2, -0.15) is 0 Å². The molecule has 3 heteroatoms. The van der Waals surface area contributed by atoms with E-state index in [2.05, 4.69) is 16.9 Å². The Bertz CT molecular complexity index is 153. The predicted octanol–water partition coefficient (Wildman–Crippen LogP) is -2.27. The summed E-state index contributed by atoms with van der Waals surface area (Å²) in [4.78, 5) is 4.69. The third-order valence-corrected chi connectivity index (χ3v) is 3.98. The molecule has 0 N–H and O–H groups in total. The van der Waals surface area contributed by atoms with Crippen LogP contribution in [0.5, 0.6) is 0 Å². The number of hydrogen-bond donors (Lipinski definition) is 0. The Morgan fingerprint density at radius 3 is 3.09 bits per heavy atom. The minimum absolute atomic E-state index is 0.0486. The fraction of sp³-hybridized carbons (Fsp3) is 1.00. The second kappa shape index (κ2) is 3.18. The van der Waals surface area contributed by atoms with Gasteiger partial charge in [0.15, 0.2) is 0 Å². The van der Waals surface area contributed by atoms with Crippen LogP contribution in [-0.2, 0) is 3.07 Å². The molecule has 0 bridgehead atoms. The molecule has 3 atom stereocenters. The first-order valence-corrected chi connectivity index (χ1v) is 7.22. The first-order valence-electron chi connectivity index (χ1n) is 4.18. The molecule has 1 aliphatic carbocycles. The standard InChI is InChI=1S/C8H15INO/c1-9-11-8-3-4-10(2)7-5-6(7)8/h6-8H,3-5H2,1-2H3/q-1/t6-,7+,8?/m0/s1. The van der Waals surface area contributed by atoms with E-state index in [0.29, 0.717) is 6.10 Å². The Morgan fingerprint density at radius 2 is 2.36 bits per heavy atom. The van der Waals surface area contributed by atoms with Crippen molar-refractivity contribution in [3.8, 4) is 0 Å². The number of nitrogens with zero attached hydrogens (tertiary/aromatic N) is 1. The first-order chi connectivity index (χ1) is 5.33. The van der Waals surface area contributed by atoms with E-state index >= 15 is 0 Å². The average molecular weight is 268 g/mol.